The molecule has 1 fully saturated rings. The molecule has 0 spiro atoms. The van der Waals surface area contributed by atoms with Crippen molar-refractivity contribution in [1.29, 1.82) is 0 Å². The van der Waals surface area contributed by atoms with Crippen molar-refractivity contribution >= 4 is 11.8 Å². The summed E-state index contributed by atoms with van der Waals surface area (Å²) in [5, 5.41) is 3.28. The van der Waals surface area contributed by atoms with Crippen LogP contribution in [0.15, 0.2) is 12.4 Å². The summed E-state index contributed by atoms with van der Waals surface area (Å²) in [6, 6.07) is 0.669. The minimum Gasteiger partial charge on any atom is -0.464 e. The maximum Gasteiger partial charge on any atom is 0.358 e. The van der Waals surface area contributed by atoms with Crippen molar-refractivity contribution in [3.8, 4) is 0 Å². The fourth-order valence-electron chi connectivity index (χ4n) is 2.11. The zero-order chi connectivity index (χ0) is 13.0. The smallest absolute Gasteiger partial charge is 0.358 e. The number of ether oxygens (including phenoxy) is 1. The van der Waals surface area contributed by atoms with Crippen molar-refractivity contribution in [2.45, 2.75) is 37.8 Å². The van der Waals surface area contributed by atoms with Gasteiger partial charge < -0.3 is 15.8 Å². The van der Waals surface area contributed by atoms with Gasteiger partial charge in [-0.3, -0.25) is 4.98 Å². The van der Waals surface area contributed by atoms with Gasteiger partial charge in [0, 0.05) is 12.1 Å². The molecule has 6 heteroatoms. The first-order chi connectivity index (χ1) is 8.69. The van der Waals surface area contributed by atoms with E-state index < -0.39 is 5.97 Å². The minimum absolute atomic E-state index is 0.218. The molecule has 0 aliphatic heterocycles. The third-order valence-electron chi connectivity index (χ3n) is 3.15. The summed E-state index contributed by atoms with van der Waals surface area (Å²) < 4.78 is 4.61. The number of nitrogens with one attached hydrogen (secondary N) is 1. The Balaban J connectivity index is 1.99. The van der Waals surface area contributed by atoms with Gasteiger partial charge in [-0.15, -0.1) is 0 Å². The first-order valence-electron chi connectivity index (χ1n) is 6.11. The second kappa shape index (κ2) is 5.77. The molecule has 0 unspecified atom stereocenters. The van der Waals surface area contributed by atoms with E-state index in [-0.39, 0.29) is 5.69 Å². The minimum atomic E-state index is -0.475. The number of hydrogen-bond acceptors (Lipinski definition) is 6. The lowest BCUT2D eigenvalue weighted by Crippen LogP contribution is -2.33. The highest BCUT2D eigenvalue weighted by Crippen LogP contribution is 2.20. The topological polar surface area (TPSA) is 90.1 Å². The first kappa shape index (κ1) is 12.8. The molecule has 3 N–H and O–H groups in total. The maximum atomic E-state index is 11.3. The van der Waals surface area contributed by atoms with E-state index in [9.17, 15) is 4.79 Å². The van der Waals surface area contributed by atoms with Crippen LogP contribution < -0.4 is 11.1 Å². The van der Waals surface area contributed by atoms with Crippen molar-refractivity contribution in [2.75, 3.05) is 12.4 Å². The van der Waals surface area contributed by atoms with Gasteiger partial charge in [0.25, 0.3) is 0 Å². The zero-order valence-electron chi connectivity index (χ0n) is 10.4. The molecule has 18 heavy (non-hydrogen) atoms. The van der Waals surface area contributed by atoms with Crippen LogP contribution in [0.4, 0.5) is 5.82 Å². The third kappa shape index (κ3) is 3.16. The number of anilines is 1. The molecule has 1 aliphatic carbocycles. The van der Waals surface area contributed by atoms with E-state index in [1.165, 1.54) is 13.3 Å². The predicted octanol–water partition coefficient (Wildman–Crippen LogP) is 0.945. The Morgan fingerprint density at radius 2 is 2.11 bits per heavy atom. The number of rotatable bonds is 3. The van der Waals surface area contributed by atoms with Crippen LogP contribution in [0.1, 0.15) is 36.2 Å². The summed E-state index contributed by atoms with van der Waals surface area (Å²) in [5.41, 5.74) is 6.07. The van der Waals surface area contributed by atoms with Gasteiger partial charge in [-0.25, -0.2) is 9.78 Å². The number of nitrogens with two attached hydrogens (primary N) is 1. The highest BCUT2D eigenvalue weighted by Gasteiger charge is 2.19. The van der Waals surface area contributed by atoms with Gasteiger partial charge >= 0.3 is 5.97 Å². The Hall–Kier alpha value is -1.69. The quantitative estimate of drug-likeness (QED) is 0.776. The number of esters is 1. The molecular weight excluding hydrogens is 232 g/mol. The fourth-order valence-corrected chi connectivity index (χ4v) is 2.11. The molecule has 0 amide bonds. The molecule has 0 aromatic carbocycles. The standard InChI is InChI=1S/C12H18N4O2/c1-18-12(17)10-6-14-7-11(16-10)15-9-4-2-8(13)3-5-9/h6-9H,2-5,13H2,1H3,(H,15,16). The SMILES string of the molecule is COC(=O)c1cncc(NC2CCC(N)CC2)n1. The molecule has 0 saturated heterocycles. The molecule has 0 radical (unpaired) electrons. The van der Waals surface area contributed by atoms with E-state index in [0.29, 0.717) is 17.9 Å². The average Bonchev–Trinajstić information content (AvgIpc) is 2.41. The van der Waals surface area contributed by atoms with Gasteiger partial charge in [-0.1, -0.05) is 0 Å². The Labute approximate surface area is 106 Å². The molecule has 1 aromatic rings. The zero-order valence-corrected chi connectivity index (χ0v) is 10.4. The highest BCUT2D eigenvalue weighted by molar-refractivity contribution is 5.87. The molecule has 1 aromatic heterocycles. The van der Waals surface area contributed by atoms with Crippen LogP contribution in [0, 0.1) is 0 Å². The number of aromatic nitrogens is 2. The van der Waals surface area contributed by atoms with Crippen LogP contribution in [0.3, 0.4) is 0 Å². The number of methoxy groups -OCH3 is 1. The summed E-state index contributed by atoms with van der Waals surface area (Å²) in [6.07, 6.45) is 7.08. The summed E-state index contributed by atoms with van der Waals surface area (Å²) >= 11 is 0. The van der Waals surface area contributed by atoms with Crippen LogP contribution in [0.5, 0.6) is 0 Å². The van der Waals surface area contributed by atoms with E-state index in [4.69, 9.17) is 5.73 Å². The highest BCUT2D eigenvalue weighted by atomic mass is 16.5. The second-order valence-electron chi connectivity index (χ2n) is 4.54. The molecule has 0 bridgehead atoms. The lowest BCUT2D eigenvalue weighted by Gasteiger charge is -2.27. The lowest BCUT2D eigenvalue weighted by atomic mass is 9.92. The largest absolute Gasteiger partial charge is 0.464 e. The van der Waals surface area contributed by atoms with Gasteiger partial charge in [0.05, 0.1) is 19.5 Å². The average molecular weight is 250 g/mol. The Morgan fingerprint density at radius 1 is 1.39 bits per heavy atom. The first-order valence-corrected chi connectivity index (χ1v) is 6.11. The van der Waals surface area contributed by atoms with Gasteiger partial charge in [0.15, 0.2) is 5.69 Å². The maximum absolute atomic E-state index is 11.3. The summed E-state index contributed by atoms with van der Waals surface area (Å²) in [4.78, 5) is 19.5. The second-order valence-corrected chi connectivity index (χ2v) is 4.54. The number of hydrogen-bond donors (Lipinski definition) is 2. The van der Waals surface area contributed by atoms with Crippen molar-refractivity contribution in [2.24, 2.45) is 5.73 Å². The van der Waals surface area contributed by atoms with Crippen LogP contribution >= 0.6 is 0 Å². The summed E-state index contributed by atoms with van der Waals surface area (Å²) in [5.74, 6) is 0.134. The number of carbonyl (C=O) groups excluding carboxylic acids is 1. The molecule has 6 nitrogen and oxygen atoms in total. The van der Waals surface area contributed by atoms with E-state index >= 15 is 0 Å². The Morgan fingerprint density at radius 3 is 2.78 bits per heavy atom. The molecule has 2 rings (SSSR count). The molecule has 1 saturated carbocycles. The lowest BCUT2D eigenvalue weighted by molar-refractivity contribution is 0.0593. The van der Waals surface area contributed by atoms with Crippen LogP contribution in [-0.4, -0.2) is 35.1 Å². The van der Waals surface area contributed by atoms with Crippen molar-refractivity contribution in [1.82, 2.24) is 9.97 Å². The van der Waals surface area contributed by atoms with Crippen LogP contribution in [0.2, 0.25) is 0 Å². The van der Waals surface area contributed by atoms with Gasteiger partial charge in [-0.2, -0.15) is 0 Å². The molecule has 1 aliphatic rings. The molecule has 0 atom stereocenters. The molecular formula is C12H18N4O2. The van der Waals surface area contributed by atoms with Crippen molar-refractivity contribution < 1.29 is 9.53 Å². The van der Waals surface area contributed by atoms with Crippen molar-refractivity contribution in [3.05, 3.63) is 18.1 Å². The normalized spacial score (nSPS) is 23.4. The van der Waals surface area contributed by atoms with E-state index in [1.54, 1.807) is 6.20 Å². The molecule has 1 heterocycles. The van der Waals surface area contributed by atoms with Gasteiger partial charge in [0.2, 0.25) is 0 Å². The van der Waals surface area contributed by atoms with Crippen LogP contribution in [0.25, 0.3) is 0 Å². The van der Waals surface area contributed by atoms with E-state index in [0.717, 1.165) is 25.7 Å². The fraction of sp³-hybridized carbons (Fsp3) is 0.583. The third-order valence-corrected chi connectivity index (χ3v) is 3.15. The van der Waals surface area contributed by atoms with Crippen molar-refractivity contribution in [3.63, 3.8) is 0 Å². The van der Waals surface area contributed by atoms with Gasteiger partial charge in [0.1, 0.15) is 5.82 Å². The Bertz CT molecular complexity index is 416. The predicted molar refractivity (Wildman–Crippen MR) is 67.2 cm³/mol. The monoisotopic (exact) mass is 250 g/mol. The Kier molecular flexibility index (Phi) is 4.09. The number of carbonyl (C=O) groups is 1. The van der Waals surface area contributed by atoms with E-state index in [1.807, 2.05) is 0 Å². The molecule has 98 valence electrons. The van der Waals surface area contributed by atoms with Gasteiger partial charge in [-0.05, 0) is 25.7 Å². The summed E-state index contributed by atoms with van der Waals surface area (Å²) in [7, 11) is 1.33. The summed E-state index contributed by atoms with van der Waals surface area (Å²) in [6.45, 7) is 0. The van der Waals surface area contributed by atoms with E-state index in [2.05, 4.69) is 20.0 Å². The van der Waals surface area contributed by atoms with Crippen LogP contribution in [-0.2, 0) is 4.74 Å². The number of nitrogens with zero attached hydrogens (tertiary/aromatic N) is 2.